The summed E-state index contributed by atoms with van der Waals surface area (Å²) in [7, 11) is 2.95. The molecule has 2 atom stereocenters. The van der Waals surface area contributed by atoms with Crippen molar-refractivity contribution in [1.29, 1.82) is 0 Å². The summed E-state index contributed by atoms with van der Waals surface area (Å²) in [5.74, 6) is 1.08. The van der Waals surface area contributed by atoms with Crippen molar-refractivity contribution in [2.24, 2.45) is 0 Å². The van der Waals surface area contributed by atoms with Gasteiger partial charge in [0.1, 0.15) is 23.6 Å². The number of fused-ring (bicyclic) bond motifs is 1. The van der Waals surface area contributed by atoms with E-state index in [0.29, 0.717) is 17.9 Å². The van der Waals surface area contributed by atoms with Crippen molar-refractivity contribution < 1.29 is 19.0 Å². The number of carbonyl (C=O) groups excluding carboxylic acids is 1. The lowest BCUT2D eigenvalue weighted by Crippen LogP contribution is -2.30. The van der Waals surface area contributed by atoms with Crippen LogP contribution in [0.4, 0.5) is 0 Å². The molecule has 0 fully saturated rings. The van der Waals surface area contributed by atoms with Crippen molar-refractivity contribution in [2.75, 3.05) is 20.8 Å². The molecule has 1 aliphatic heterocycles. The quantitative estimate of drug-likeness (QED) is 0.642. The molecule has 0 amide bonds. The number of esters is 1. The summed E-state index contributed by atoms with van der Waals surface area (Å²) in [5.41, 5.74) is 1.80. The summed E-state index contributed by atoms with van der Waals surface area (Å²) in [6, 6.07) is 3.17. The minimum absolute atomic E-state index is 0.137. The van der Waals surface area contributed by atoms with Gasteiger partial charge < -0.3 is 14.2 Å². The Morgan fingerprint density at radius 3 is 2.95 bits per heavy atom. The van der Waals surface area contributed by atoms with Gasteiger partial charge in [-0.1, -0.05) is 6.08 Å². The van der Waals surface area contributed by atoms with Crippen LogP contribution in [0.2, 0.25) is 0 Å². The van der Waals surface area contributed by atoms with E-state index in [1.54, 1.807) is 13.2 Å². The molecule has 1 heterocycles. The Hall–Kier alpha value is -2.01. The number of hydrogen-bond acceptors (Lipinski definition) is 5. The third kappa shape index (κ3) is 3.19. The maximum atomic E-state index is 12.0. The Morgan fingerprint density at radius 1 is 1.57 bits per heavy atom. The van der Waals surface area contributed by atoms with Crippen molar-refractivity contribution in [3.05, 3.63) is 35.9 Å². The maximum Gasteiger partial charge on any atom is 0.327 e. The first-order chi connectivity index (χ1) is 10.1. The second-order valence-corrected chi connectivity index (χ2v) is 4.99. The van der Waals surface area contributed by atoms with Gasteiger partial charge in [-0.15, -0.1) is 6.58 Å². The number of methoxy groups -OCH3 is 2. The standard InChI is InChI=1S/C16H21NO4/c1-5-6-17-15(16(18)20-4)12-9-13-11(7-10(2)21-13)8-14(12)19-3/h5,8-10,15,17H,1,6-7H2,2-4H3. The maximum absolute atomic E-state index is 12.0. The van der Waals surface area contributed by atoms with Crippen LogP contribution >= 0.6 is 0 Å². The lowest BCUT2D eigenvalue weighted by molar-refractivity contribution is -0.143. The first-order valence-corrected chi connectivity index (χ1v) is 6.90. The highest BCUT2D eigenvalue weighted by atomic mass is 16.5. The molecule has 0 spiro atoms. The summed E-state index contributed by atoms with van der Waals surface area (Å²) < 4.78 is 16.1. The first-order valence-electron chi connectivity index (χ1n) is 6.90. The Kier molecular flexibility index (Phi) is 4.85. The van der Waals surface area contributed by atoms with Gasteiger partial charge in [0.05, 0.1) is 14.2 Å². The molecule has 1 aliphatic rings. The Balaban J connectivity index is 2.41. The molecule has 2 unspecified atom stereocenters. The van der Waals surface area contributed by atoms with Crippen LogP contribution in [0.25, 0.3) is 0 Å². The van der Waals surface area contributed by atoms with Crippen LogP contribution in [0, 0.1) is 0 Å². The molecule has 0 bridgehead atoms. The van der Waals surface area contributed by atoms with Gasteiger partial charge in [0.2, 0.25) is 0 Å². The van der Waals surface area contributed by atoms with Crippen molar-refractivity contribution in [1.82, 2.24) is 5.32 Å². The van der Waals surface area contributed by atoms with E-state index in [1.165, 1.54) is 7.11 Å². The van der Waals surface area contributed by atoms with Crippen molar-refractivity contribution >= 4 is 5.97 Å². The summed E-state index contributed by atoms with van der Waals surface area (Å²) in [6.45, 7) is 6.15. The average Bonchev–Trinajstić information content (AvgIpc) is 2.85. The lowest BCUT2D eigenvalue weighted by Gasteiger charge is -2.19. The zero-order valence-corrected chi connectivity index (χ0v) is 12.6. The number of nitrogens with one attached hydrogen (secondary N) is 1. The second kappa shape index (κ2) is 6.63. The number of benzene rings is 1. The van der Waals surface area contributed by atoms with Crippen LogP contribution in [-0.2, 0) is 16.0 Å². The molecular weight excluding hydrogens is 270 g/mol. The van der Waals surface area contributed by atoms with Crippen LogP contribution in [0.1, 0.15) is 24.1 Å². The Bertz CT molecular complexity index is 541. The zero-order valence-electron chi connectivity index (χ0n) is 12.6. The van der Waals surface area contributed by atoms with Crippen molar-refractivity contribution in [2.45, 2.75) is 25.5 Å². The average molecular weight is 291 g/mol. The van der Waals surface area contributed by atoms with Crippen LogP contribution in [0.15, 0.2) is 24.8 Å². The predicted molar refractivity (Wildman–Crippen MR) is 79.7 cm³/mol. The van der Waals surface area contributed by atoms with E-state index >= 15 is 0 Å². The van der Waals surface area contributed by atoms with Crippen molar-refractivity contribution in [3.63, 3.8) is 0 Å². The molecule has 1 N–H and O–H groups in total. The van der Waals surface area contributed by atoms with E-state index in [-0.39, 0.29) is 12.1 Å². The molecule has 5 nitrogen and oxygen atoms in total. The topological polar surface area (TPSA) is 56.8 Å². The fourth-order valence-electron chi connectivity index (χ4n) is 2.50. The molecule has 0 aromatic heterocycles. The second-order valence-electron chi connectivity index (χ2n) is 4.99. The monoisotopic (exact) mass is 291 g/mol. The molecule has 0 saturated carbocycles. The number of rotatable bonds is 6. The highest BCUT2D eigenvalue weighted by Crippen LogP contribution is 2.37. The molecule has 0 radical (unpaired) electrons. The van der Waals surface area contributed by atoms with Gasteiger partial charge in [-0.2, -0.15) is 0 Å². The summed E-state index contributed by atoms with van der Waals surface area (Å²) in [5, 5.41) is 3.09. The minimum Gasteiger partial charge on any atom is -0.496 e. The Labute approximate surface area is 124 Å². The number of ether oxygens (including phenoxy) is 3. The van der Waals surface area contributed by atoms with Crippen LogP contribution < -0.4 is 14.8 Å². The largest absolute Gasteiger partial charge is 0.496 e. The molecule has 0 saturated heterocycles. The molecule has 1 aromatic carbocycles. The van der Waals surface area contributed by atoms with Crippen molar-refractivity contribution in [3.8, 4) is 11.5 Å². The van der Waals surface area contributed by atoms with E-state index in [1.807, 2.05) is 19.1 Å². The van der Waals surface area contributed by atoms with Gasteiger partial charge in [0.15, 0.2) is 0 Å². The van der Waals surface area contributed by atoms with E-state index < -0.39 is 6.04 Å². The third-order valence-corrected chi connectivity index (χ3v) is 3.46. The zero-order chi connectivity index (χ0) is 15.4. The number of carbonyl (C=O) groups is 1. The highest BCUT2D eigenvalue weighted by Gasteiger charge is 2.28. The fourth-order valence-corrected chi connectivity index (χ4v) is 2.50. The van der Waals surface area contributed by atoms with Crippen LogP contribution in [0.5, 0.6) is 11.5 Å². The SMILES string of the molecule is C=CCNC(C(=O)OC)c1cc2c(cc1OC)CC(C)O2. The summed E-state index contributed by atoms with van der Waals surface area (Å²) >= 11 is 0. The van der Waals surface area contributed by atoms with Crippen LogP contribution in [-0.4, -0.2) is 32.8 Å². The van der Waals surface area contributed by atoms with Crippen LogP contribution in [0.3, 0.4) is 0 Å². The third-order valence-electron chi connectivity index (χ3n) is 3.46. The molecule has 5 heteroatoms. The fraction of sp³-hybridized carbons (Fsp3) is 0.438. The number of hydrogen-bond donors (Lipinski definition) is 1. The normalized spacial score (nSPS) is 17.6. The van der Waals surface area contributed by atoms with E-state index in [4.69, 9.17) is 14.2 Å². The highest BCUT2D eigenvalue weighted by molar-refractivity contribution is 5.79. The molecule has 114 valence electrons. The summed E-state index contributed by atoms with van der Waals surface area (Å²) in [4.78, 5) is 12.0. The van der Waals surface area contributed by atoms with Gasteiger partial charge >= 0.3 is 5.97 Å². The van der Waals surface area contributed by atoms with Gasteiger partial charge in [-0.3, -0.25) is 5.32 Å². The minimum atomic E-state index is -0.618. The molecule has 1 aromatic rings. The van der Waals surface area contributed by atoms with Gasteiger partial charge in [-0.25, -0.2) is 4.79 Å². The Morgan fingerprint density at radius 2 is 2.33 bits per heavy atom. The molecule has 2 rings (SSSR count). The molecule has 21 heavy (non-hydrogen) atoms. The van der Waals surface area contributed by atoms with E-state index in [0.717, 1.165) is 17.7 Å². The molecule has 0 aliphatic carbocycles. The van der Waals surface area contributed by atoms with E-state index in [9.17, 15) is 4.79 Å². The predicted octanol–water partition coefficient (Wildman–Crippen LogP) is 2.01. The smallest absolute Gasteiger partial charge is 0.327 e. The van der Waals surface area contributed by atoms with Gasteiger partial charge in [-0.05, 0) is 19.1 Å². The van der Waals surface area contributed by atoms with Gasteiger partial charge in [0, 0.05) is 24.1 Å². The lowest BCUT2D eigenvalue weighted by atomic mass is 10.0. The first kappa shape index (κ1) is 15.4. The van der Waals surface area contributed by atoms with Gasteiger partial charge in [0.25, 0.3) is 0 Å². The molecular formula is C16H21NO4. The summed E-state index contributed by atoms with van der Waals surface area (Å²) in [6.07, 6.45) is 2.67. The van der Waals surface area contributed by atoms with E-state index in [2.05, 4.69) is 11.9 Å².